The van der Waals surface area contributed by atoms with E-state index in [1.54, 1.807) is 11.1 Å². The van der Waals surface area contributed by atoms with Crippen LogP contribution < -0.4 is 11.1 Å². The van der Waals surface area contributed by atoms with Crippen LogP contribution in [-0.4, -0.2) is 72.5 Å². The Morgan fingerprint density at radius 1 is 1.26 bits per heavy atom. The number of amides is 2. The third-order valence-corrected chi connectivity index (χ3v) is 6.19. The van der Waals surface area contributed by atoms with Crippen molar-refractivity contribution in [3.63, 3.8) is 0 Å². The summed E-state index contributed by atoms with van der Waals surface area (Å²) in [5.74, 6) is -0.248. The third-order valence-electron chi connectivity index (χ3n) is 5.88. The molecule has 35 heavy (non-hydrogen) atoms. The van der Waals surface area contributed by atoms with Crippen molar-refractivity contribution >= 4 is 34.9 Å². The minimum absolute atomic E-state index is 0.000878. The van der Waals surface area contributed by atoms with Crippen molar-refractivity contribution in [3.05, 3.63) is 59.4 Å². The van der Waals surface area contributed by atoms with Crippen molar-refractivity contribution in [2.75, 3.05) is 38.2 Å². The summed E-state index contributed by atoms with van der Waals surface area (Å²) in [5, 5.41) is 2.81. The fraction of sp³-hybridized carbons (Fsp3) is 0.360. The van der Waals surface area contributed by atoms with Gasteiger partial charge in [0.15, 0.2) is 6.10 Å². The van der Waals surface area contributed by atoms with Gasteiger partial charge in [-0.05, 0) is 30.5 Å². The molecular formula is C25H28ClN5O4. The van der Waals surface area contributed by atoms with Gasteiger partial charge in [0.05, 0.1) is 30.9 Å². The number of aliphatic imine (C=N–C) groups is 1. The van der Waals surface area contributed by atoms with E-state index in [-0.39, 0.29) is 29.3 Å². The molecule has 2 unspecified atom stereocenters. The van der Waals surface area contributed by atoms with Gasteiger partial charge in [0.2, 0.25) is 0 Å². The number of ether oxygens (including phenoxy) is 2. The zero-order valence-electron chi connectivity index (χ0n) is 19.4. The second-order valence-electron chi connectivity index (χ2n) is 8.36. The third kappa shape index (κ3) is 6.05. The first-order valence-electron chi connectivity index (χ1n) is 11.4. The number of hydrogen-bond acceptors (Lipinski definition) is 7. The lowest BCUT2D eigenvalue weighted by molar-refractivity contribution is -0.156. The predicted octanol–water partition coefficient (Wildman–Crippen LogP) is 2.49. The van der Waals surface area contributed by atoms with Gasteiger partial charge in [0.25, 0.3) is 11.8 Å². The number of benzene rings is 1. The van der Waals surface area contributed by atoms with Crippen LogP contribution in [0, 0.1) is 6.92 Å². The monoisotopic (exact) mass is 497 g/mol. The topological polar surface area (TPSA) is 119 Å². The number of halogens is 1. The van der Waals surface area contributed by atoms with Crippen molar-refractivity contribution in [1.82, 2.24) is 9.88 Å². The van der Waals surface area contributed by atoms with E-state index in [0.717, 1.165) is 22.9 Å². The largest absolute Gasteiger partial charge is 0.403 e. The second-order valence-corrected chi connectivity index (χ2v) is 8.77. The zero-order chi connectivity index (χ0) is 24.8. The summed E-state index contributed by atoms with van der Waals surface area (Å²) in [4.78, 5) is 36.4. The quantitative estimate of drug-likeness (QED) is 0.592. The number of likely N-dealkylation sites (tertiary alicyclic amines) is 1. The van der Waals surface area contributed by atoms with Gasteiger partial charge in [-0.15, -0.1) is 0 Å². The van der Waals surface area contributed by atoms with Gasteiger partial charge in [-0.25, -0.2) is 4.98 Å². The van der Waals surface area contributed by atoms with Crippen LogP contribution in [-0.2, 0) is 19.1 Å². The number of hydrogen-bond donors (Lipinski definition) is 2. The van der Waals surface area contributed by atoms with E-state index in [2.05, 4.69) is 15.3 Å². The highest BCUT2D eigenvalue weighted by Crippen LogP contribution is 2.23. The molecule has 1 aromatic carbocycles. The number of nitrogens with zero attached hydrogens (tertiary/aromatic N) is 3. The number of aromatic nitrogens is 1. The molecule has 2 amide bonds. The number of nitrogens with two attached hydrogens (primary N) is 1. The number of carbonyl (C=O) groups is 2. The van der Waals surface area contributed by atoms with Crippen molar-refractivity contribution in [2.24, 2.45) is 10.7 Å². The van der Waals surface area contributed by atoms with Gasteiger partial charge in [0, 0.05) is 31.0 Å². The minimum Gasteiger partial charge on any atom is -0.403 e. The maximum absolute atomic E-state index is 13.1. The lowest BCUT2D eigenvalue weighted by atomic mass is 10.1. The van der Waals surface area contributed by atoms with Crippen LogP contribution in [0.2, 0.25) is 0 Å². The SMILES string of the molecule is Cc1cc(-c2ccccc2)cnc1NC(=O)C(=NC1CCN(C(=O)C2COCCO2)C1)C(Cl)=CN. The van der Waals surface area contributed by atoms with Gasteiger partial charge in [-0.3, -0.25) is 14.6 Å². The molecule has 0 aliphatic carbocycles. The average Bonchev–Trinajstić information content (AvgIpc) is 3.37. The fourth-order valence-corrected chi connectivity index (χ4v) is 4.17. The highest BCUT2D eigenvalue weighted by atomic mass is 35.5. The number of carbonyl (C=O) groups excluding carboxylic acids is 2. The standard InChI is InChI=1S/C25H28ClN5O4/c1-16-11-18(17-5-3-2-4-6-17)13-28-23(16)30-24(32)22(20(26)12-27)29-19-7-8-31(14-19)25(33)21-15-34-9-10-35-21/h2-6,11-13,19,21H,7-10,14-15,27H2,1H3,(H,28,30,32). The molecule has 9 nitrogen and oxygen atoms in total. The molecule has 2 fully saturated rings. The zero-order valence-corrected chi connectivity index (χ0v) is 20.2. The Hall–Kier alpha value is -3.27. The van der Waals surface area contributed by atoms with Crippen LogP contribution in [0.1, 0.15) is 12.0 Å². The lowest BCUT2D eigenvalue weighted by Gasteiger charge is -2.26. The summed E-state index contributed by atoms with van der Waals surface area (Å²) < 4.78 is 10.8. The molecule has 4 rings (SSSR count). The van der Waals surface area contributed by atoms with Crippen molar-refractivity contribution in [3.8, 4) is 11.1 Å². The van der Waals surface area contributed by atoms with Gasteiger partial charge >= 0.3 is 0 Å². The van der Waals surface area contributed by atoms with Crippen LogP contribution in [0.4, 0.5) is 5.82 Å². The number of aryl methyl sites for hydroxylation is 1. The van der Waals surface area contributed by atoms with Crippen LogP contribution in [0.25, 0.3) is 11.1 Å². The van der Waals surface area contributed by atoms with E-state index in [4.69, 9.17) is 26.8 Å². The first-order valence-corrected chi connectivity index (χ1v) is 11.8. The first kappa shape index (κ1) is 24.8. The smallest absolute Gasteiger partial charge is 0.276 e. The van der Waals surface area contributed by atoms with Crippen LogP contribution in [0.3, 0.4) is 0 Å². The van der Waals surface area contributed by atoms with E-state index in [0.29, 0.717) is 38.5 Å². The molecule has 2 aromatic rings. The molecule has 0 saturated carbocycles. The number of pyridine rings is 1. The summed E-state index contributed by atoms with van der Waals surface area (Å²) in [6.07, 6.45) is 2.82. The van der Waals surface area contributed by atoms with Crippen LogP contribution in [0.15, 0.2) is 58.8 Å². The first-order chi connectivity index (χ1) is 17.0. The molecule has 3 N–H and O–H groups in total. The van der Waals surface area contributed by atoms with E-state index >= 15 is 0 Å². The maximum Gasteiger partial charge on any atom is 0.276 e. The molecule has 3 heterocycles. The molecule has 1 aromatic heterocycles. The van der Waals surface area contributed by atoms with E-state index < -0.39 is 12.0 Å². The Kier molecular flexibility index (Phi) is 8.12. The molecule has 2 saturated heterocycles. The number of nitrogens with one attached hydrogen (secondary N) is 1. The Balaban J connectivity index is 1.46. The summed E-state index contributed by atoms with van der Waals surface area (Å²) in [6, 6.07) is 11.5. The average molecular weight is 498 g/mol. The van der Waals surface area contributed by atoms with Gasteiger partial charge < -0.3 is 25.4 Å². The highest BCUT2D eigenvalue weighted by molar-refractivity contribution is 6.61. The maximum atomic E-state index is 13.1. The normalized spacial score (nSPS) is 21.1. The molecular weight excluding hydrogens is 470 g/mol. The molecule has 10 heteroatoms. The Morgan fingerprint density at radius 2 is 2.06 bits per heavy atom. The molecule has 2 aliphatic rings. The van der Waals surface area contributed by atoms with E-state index in [9.17, 15) is 9.59 Å². The van der Waals surface area contributed by atoms with Gasteiger partial charge in [-0.1, -0.05) is 41.9 Å². The highest BCUT2D eigenvalue weighted by Gasteiger charge is 2.33. The van der Waals surface area contributed by atoms with Crippen molar-refractivity contribution in [1.29, 1.82) is 0 Å². The van der Waals surface area contributed by atoms with Gasteiger partial charge in [0.1, 0.15) is 11.5 Å². The van der Waals surface area contributed by atoms with Crippen molar-refractivity contribution in [2.45, 2.75) is 25.5 Å². The van der Waals surface area contributed by atoms with Crippen LogP contribution >= 0.6 is 11.6 Å². The van der Waals surface area contributed by atoms with Crippen molar-refractivity contribution < 1.29 is 19.1 Å². The summed E-state index contributed by atoms with van der Waals surface area (Å²) in [6.45, 7) is 3.85. The van der Waals surface area contributed by atoms with E-state index in [1.807, 2.05) is 43.3 Å². The molecule has 0 bridgehead atoms. The molecule has 184 valence electrons. The summed E-state index contributed by atoms with van der Waals surface area (Å²) >= 11 is 6.24. The molecule has 2 atom stereocenters. The van der Waals surface area contributed by atoms with E-state index in [1.165, 1.54) is 0 Å². The summed E-state index contributed by atoms with van der Waals surface area (Å²) in [5.41, 5.74) is 8.36. The molecule has 0 spiro atoms. The number of rotatable bonds is 6. The van der Waals surface area contributed by atoms with Crippen LogP contribution in [0.5, 0.6) is 0 Å². The Morgan fingerprint density at radius 3 is 2.74 bits per heavy atom. The number of anilines is 1. The fourth-order valence-electron chi connectivity index (χ4n) is 4.03. The Bertz CT molecular complexity index is 1130. The second kappa shape index (κ2) is 11.4. The lowest BCUT2D eigenvalue weighted by Crippen LogP contribution is -2.44. The molecule has 0 radical (unpaired) electrons. The Labute approximate surface area is 209 Å². The summed E-state index contributed by atoms with van der Waals surface area (Å²) in [7, 11) is 0. The molecule has 2 aliphatic heterocycles. The predicted molar refractivity (Wildman–Crippen MR) is 134 cm³/mol. The minimum atomic E-state index is -0.602. The van der Waals surface area contributed by atoms with Gasteiger partial charge in [-0.2, -0.15) is 0 Å².